The molecule has 2 atom stereocenters. The quantitative estimate of drug-likeness (QED) is 0.886. The molecule has 1 fully saturated rings. The molecule has 1 N–H and O–H groups in total. The summed E-state index contributed by atoms with van der Waals surface area (Å²) < 4.78 is 12.9. The Bertz CT molecular complexity index is 363. The van der Waals surface area contributed by atoms with Crippen molar-refractivity contribution in [3.63, 3.8) is 0 Å². The normalized spacial score (nSPS) is 23.6. The monoisotopic (exact) mass is 250 g/mol. The van der Waals surface area contributed by atoms with Gasteiger partial charge in [-0.25, -0.2) is 4.39 Å². The maximum Gasteiger partial charge on any atom is 0.123 e. The second-order valence-corrected chi connectivity index (χ2v) is 5.36. The van der Waals surface area contributed by atoms with Gasteiger partial charge in [-0.2, -0.15) is 0 Å². The van der Waals surface area contributed by atoms with Gasteiger partial charge in [-0.15, -0.1) is 0 Å². The van der Waals surface area contributed by atoms with Gasteiger partial charge < -0.3 is 5.32 Å². The van der Waals surface area contributed by atoms with E-state index < -0.39 is 0 Å². The number of hydrogen-bond donors (Lipinski definition) is 1. The highest BCUT2D eigenvalue weighted by Gasteiger charge is 2.18. The smallest absolute Gasteiger partial charge is 0.123 e. The van der Waals surface area contributed by atoms with Crippen LogP contribution in [0.5, 0.6) is 0 Å². The maximum atomic E-state index is 12.9. The molecule has 0 spiro atoms. The third-order valence-corrected chi connectivity index (χ3v) is 3.81. The van der Waals surface area contributed by atoms with Crippen molar-refractivity contribution in [3.05, 3.63) is 35.6 Å². The highest BCUT2D eigenvalue weighted by molar-refractivity contribution is 5.17. The summed E-state index contributed by atoms with van der Waals surface area (Å²) in [5, 5.41) is 3.51. The SMILES string of the molecule is CC1CCN(C(C)Cc2ccc(F)cc2)CCN1. The molecule has 1 aromatic rings. The van der Waals surface area contributed by atoms with Gasteiger partial charge in [0.2, 0.25) is 0 Å². The van der Waals surface area contributed by atoms with Gasteiger partial charge in [0.15, 0.2) is 0 Å². The topological polar surface area (TPSA) is 15.3 Å². The summed E-state index contributed by atoms with van der Waals surface area (Å²) in [7, 11) is 0. The van der Waals surface area contributed by atoms with Crippen molar-refractivity contribution in [1.82, 2.24) is 10.2 Å². The zero-order chi connectivity index (χ0) is 13.0. The molecule has 0 bridgehead atoms. The minimum Gasteiger partial charge on any atom is -0.313 e. The van der Waals surface area contributed by atoms with E-state index >= 15 is 0 Å². The van der Waals surface area contributed by atoms with Crippen LogP contribution in [-0.4, -0.2) is 36.6 Å². The molecule has 18 heavy (non-hydrogen) atoms. The second-order valence-electron chi connectivity index (χ2n) is 5.36. The molecule has 1 aliphatic heterocycles. The fourth-order valence-electron chi connectivity index (χ4n) is 2.56. The van der Waals surface area contributed by atoms with Gasteiger partial charge in [-0.1, -0.05) is 12.1 Å². The van der Waals surface area contributed by atoms with Crippen LogP contribution in [0.2, 0.25) is 0 Å². The zero-order valence-corrected chi connectivity index (χ0v) is 11.3. The van der Waals surface area contributed by atoms with Crippen molar-refractivity contribution in [1.29, 1.82) is 0 Å². The van der Waals surface area contributed by atoms with E-state index in [-0.39, 0.29) is 5.82 Å². The molecule has 0 radical (unpaired) electrons. The van der Waals surface area contributed by atoms with Crippen LogP contribution in [-0.2, 0) is 6.42 Å². The Kier molecular flexibility index (Phi) is 4.72. The van der Waals surface area contributed by atoms with E-state index in [1.807, 2.05) is 12.1 Å². The van der Waals surface area contributed by atoms with E-state index in [1.54, 1.807) is 12.1 Å². The highest BCUT2D eigenvalue weighted by atomic mass is 19.1. The van der Waals surface area contributed by atoms with Gasteiger partial charge in [0.25, 0.3) is 0 Å². The van der Waals surface area contributed by atoms with Crippen LogP contribution in [0.4, 0.5) is 4.39 Å². The van der Waals surface area contributed by atoms with Gasteiger partial charge in [0, 0.05) is 25.2 Å². The molecular weight excluding hydrogens is 227 g/mol. The Labute approximate surface area is 109 Å². The van der Waals surface area contributed by atoms with Crippen LogP contribution in [0.15, 0.2) is 24.3 Å². The van der Waals surface area contributed by atoms with Crippen molar-refractivity contribution in [2.75, 3.05) is 19.6 Å². The molecule has 0 aliphatic carbocycles. The predicted octanol–water partition coefficient (Wildman–Crippen LogP) is 2.44. The van der Waals surface area contributed by atoms with Gasteiger partial charge in [0.1, 0.15) is 5.82 Å². The number of nitrogens with one attached hydrogen (secondary N) is 1. The second kappa shape index (κ2) is 6.30. The van der Waals surface area contributed by atoms with Crippen LogP contribution < -0.4 is 5.32 Å². The third-order valence-electron chi connectivity index (χ3n) is 3.81. The van der Waals surface area contributed by atoms with Crippen LogP contribution in [0, 0.1) is 5.82 Å². The summed E-state index contributed by atoms with van der Waals surface area (Å²) in [6, 6.07) is 8.02. The van der Waals surface area contributed by atoms with Crippen molar-refractivity contribution >= 4 is 0 Å². The summed E-state index contributed by atoms with van der Waals surface area (Å²) in [5.41, 5.74) is 1.22. The van der Waals surface area contributed by atoms with E-state index in [0.29, 0.717) is 12.1 Å². The van der Waals surface area contributed by atoms with E-state index in [2.05, 4.69) is 24.1 Å². The van der Waals surface area contributed by atoms with Crippen LogP contribution >= 0.6 is 0 Å². The summed E-state index contributed by atoms with van der Waals surface area (Å²) in [4.78, 5) is 2.53. The first-order valence-corrected chi connectivity index (χ1v) is 6.87. The lowest BCUT2D eigenvalue weighted by Crippen LogP contribution is -2.37. The molecule has 2 unspecified atom stereocenters. The molecule has 1 aromatic carbocycles. The third kappa shape index (κ3) is 3.79. The van der Waals surface area contributed by atoms with Crippen LogP contribution in [0.25, 0.3) is 0 Å². The lowest BCUT2D eigenvalue weighted by atomic mass is 10.1. The molecule has 2 rings (SSSR count). The molecule has 0 saturated carbocycles. The minimum atomic E-state index is -0.154. The Hall–Kier alpha value is -0.930. The fourth-order valence-corrected chi connectivity index (χ4v) is 2.56. The average Bonchev–Trinajstić information content (AvgIpc) is 2.57. The zero-order valence-electron chi connectivity index (χ0n) is 11.3. The summed E-state index contributed by atoms with van der Waals surface area (Å²) in [6.45, 7) is 7.83. The number of nitrogens with zero attached hydrogens (tertiary/aromatic N) is 1. The summed E-state index contributed by atoms with van der Waals surface area (Å²) in [6.07, 6.45) is 2.20. The van der Waals surface area contributed by atoms with Gasteiger partial charge in [-0.05, 0) is 50.9 Å². The minimum absolute atomic E-state index is 0.154. The van der Waals surface area contributed by atoms with Crippen molar-refractivity contribution in [2.24, 2.45) is 0 Å². The number of hydrogen-bond acceptors (Lipinski definition) is 2. The van der Waals surface area contributed by atoms with E-state index in [1.165, 1.54) is 12.0 Å². The molecule has 1 heterocycles. The largest absolute Gasteiger partial charge is 0.313 e. The number of rotatable bonds is 3. The van der Waals surface area contributed by atoms with Crippen molar-refractivity contribution in [2.45, 2.75) is 38.8 Å². The molecule has 0 aromatic heterocycles. The Morgan fingerprint density at radius 2 is 2.06 bits per heavy atom. The predicted molar refractivity (Wildman–Crippen MR) is 73.2 cm³/mol. The van der Waals surface area contributed by atoms with Crippen molar-refractivity contribution in [3.8, 4) is 0 Å². The molecule has 0 amide bonds. The average molecular weight is 250 g/mol. The standard InChI is InChI=1S/C15H23FN2/c1-12-7-9-18(10-8-17-12)13(2)11-14-3-5-15(16)6-4-14/h3-6,12-13,17H,7-11H2,1-2H3. The van der Waals surface area contributed by atoms with Gasteiger partial charge >= 0.3 is 0 Å². The van der Waals surface area contributed by atoms with Crippen LogP contribution in [0.3, 0.4) is 0 Å². The van der Waals surface area contributed by atoms with E-state index in [0.717, 1.165) is 26.1 Å². The van der Waals surface area contributed by atoms with Crippen LogP contribution in [0.1, 0.15) is 25.8 Å². The molecule has 100 valence electrons. The lowest BCUT2D eigenvalue weighted by Gasteiger charge is -2.27. The van der Waals surface area contributed by atoms with E-state index in [4.69, 9.17) is 0 Å². The number of benzene rings is 1. The molecular formula is C15H23FN2. The highest BCUT2D eigenvalue weighted by Crippen LogP contribution is 2.12. The fraction of sp³-hybridized carbons (Fsp3) is 0.600. The Balaban J connectivity index is 1.90. The molecule has 3 heteroatoms. The molecule has 1 saturated heterocycles. The summed E-state index contributed by atoms with van der Waals surface area (Å²) in [5.74, 6) is -0.154. The maximum absolute atomic E-state index is 12.9. The van der Waals surface area contributed by atoms with Gasteiger partial charge in [-0.3, -0.25) is 4.90 Å². The first-order valence-electron chi connectivity index (χ1n) is 6.87. The Morgan fingerprint density at radius 3 is 2.78 bits per heavy atom. The van der Waals surface area contributed by atoms with Gasteiger partial charge in [0.05, 0.1) is 0 Å². The van der Waals surface area contributed by atoms with E-state index in [9.17, 15) is 4.39 Å². The van der Waals surface area contributed by atoms with Crippen molar-refractivity contribution < 1.29 is 4.39 Å². The molecule has 1 aliphatic rings. The summed E-state index contributed by atoms with van der Waals surface area (Å²) >= 11 is 0. The first-order chi connectivity index (χ1) is 8.65. The lowest BCUT2D eigenvalue weighted by molar-refractivity contribution is 0.220. The first kappa shape index (κ1) is 13.5. The number of halogens is 1. The Morgan fingerprint density at radius 1 is 1.33 bits per heavy atom. The molecule has 2 nitrogen and oxygen atoms in total.